The largest absolute Gasteiger partial charge is 0.467 e. The lowest BCUT2D eigenvalue weighted by atomic mass is 9.90. The molecule has 2 aliphatic heterocycles. The van der Waals surface area contributed by atoms with Gasteiger partial charge in [-0.25, -0.2) is 4.79 Å². The number of carbonyl (C=O) groups is 1. The van der Waals surface area contributed by atoms with Crippen molar-refractivity contribution >= 4 is 17.4 Å². The number of anilines is 1. The molecule has 0 spiro atoms. The molecule has 2 heterocycles. The van der Waals surface area contributed by atoms with E-state index < -0.39 is 10.6 Å². The van der Waals surface area contributed by atoms with E-state index >= 15 is 0 Å². The molecule has 1 saturated heterocycles. The highest BCUT2D eigenvalue weighted by atomic mass is 16.6. The normalized spacial score (nSPS) is 23.7. The fourth-order valence-corrected chi connectivity index (χ4v) is 3.75. The van der Waals surface area contributed by atoms with E-state index in [-0.39, 0.29) is 17.8 Å². The molecule has 26 heavy (non-hydrogen) atoms. The number of hydrogen-bond donors (Lipinski definition) is 1. The molecule has 0 radical (unpaired) electrons. The molecule has 2 bridgehead atoms. The van der Waals surface area contributed by atoms with Crippen LogP contribution in [0.15, 0.2) is 42.5 Å². The Balaban J connectivity index is 1.74. The van der Waals surface area contributed by atoms with Gasteiger partial charge in [-0.1, -0.05) is 19.1 Å². The molecule has 7 nitrogen and oxygen atoms in total. The van der Waals surface area contributed by atoms with Crippen LogP contribution in [0.4, 0.5) is 16.2 Å². The Hall–Kier alpha value is -3.09. The Morgan fingerprint density at radius 2 is 2.04 bits per heavy atom. The Morgan fingerprint density at radius 3 is 2.69 bits per heavy atom. The summed E-state index contributed by atoms with van der Waals surface area (Å²) in [7, 11) is 0. The van der Waals surface area contributed by atoms with Crippen LogP contribution in [-0.4, -0.2) is 16.7 Å². The van der Waals surface area contributed by atoms with Gasteiger partial charge in [-0.3, -0.25) is 15.0 Å². The van der Waals surface area contributed by atoms with Crippen molar-refractivity contribution in [1.29, 1.82) is 0 Å². The topological polar surface area (TPSA) is 84.7 Å². The van der Waals surface area contributed by atoms with Gasteiger partial charge in [-0.2, -0.15) is 0 Å². The van der Waals surface area contributed by atoms with Crippen LogP contribution in [0.2, 0.25) is 0 Å². The number of ether oxygens (including phenoxy) is 1. The van der Waals surface area contributed by atoms with Crippen molar-refractivity contribution < 1.29 is 14.5 Å². The van der Waals surface area contributed by atoms with E-state index in [0.717, 1.165) is 12.1 Å². The van der Waals surface area contributed by atoms with Gasteiger partial charge in [0.15, 0.2) is 5.72 Å². The van der Waals surface area contributed by atoms with Crippen molar-refractivity contribution in [2.75, 3.05) is 4.90 Å². The number of non-ortho nitro benzene ring substituents is 1. The van der Waals surface area contributed by atoms with E-state index in [2.05, 4.69) is 12.2 Å². The molecule has 0 aliphatic carbocycles. The molecule has 1 fully saturated rings. The third kappa shape index (κ3) is 2.47. The van der Waals surface area contributed by atoms with E-state index in [9.17, 15) is 14.9 Å². The summed E-state index contributed by atoms with van der Waals surface area (Å²) in [6, 6.07) is 11.7. The van der Waals surface area contributed by atoms with Gasteiger partial charge in [-0.15, -0.1) is 0 Å². The summed E-state index contributed by atoms with van der Waals surface area (Å²) in [5.74, 6) is 0.560. The van der Waals surface area contributed by atoms with Crippen molar-refractivity contribution in [2.24, 2.45) is 0 Å². The van der Waals surface area contributed by atoms with E-state index in [0.29, 0.717) is 17.7 Å². The molecular weight excluding hydrogens is 334 g/mol. The standard InChI is InChI=1S/C19H19N3O4/c1-3-12-4-6-13(7-5-12)21-18(23)20-16-11-19(21,2)26-17-9-8-14(22(24)25)10-15(16)17/h4-10,16H,3,11H2,1-2H3,(H,20,23)/t16-,19-/m0/s1. The van der Waals surface area contributed by atoms with Gasteiger partial charge in [-0.05, 0) is 37.1 Å². The Morgan fingerprint density at radius 1 is 1.31 bits per heavy atom. The fraction of sp³-hybridized carbons (Fsp3) is 0.316. The Bertz CT molecular complexity index is 896. The van der Waals surface area contributed by atoms with Gasteiger partial charge < -0.3 is 10.1 Å². The molecule has 2 atom stereocenters. The zero-order chi connectivity index (χ0) is 18.5. The van der Waals surface area contributed by atoms with E-state index in [4.69, 9.17) is 4.74 Å². The number of carbonyl (C=O) groups excluding carboxylic acids is 1. The summed E-state index contributed by atoms with van der Waals surface area (Å²) in [6.07, 6.45) is 1.43. The number of benzene rings is 2. The van der Waals surface area contributed by atoms with Gasteiger partial charge in [0.2, 0.25) is 0 Å². The first kappa shape index (κ1) is 16.4. The maximum atomic E-state index is 12.8. The second-order valence-electron chi connectivity index (χ2n) is 6.82. The zero-order valence-corrected chi connectivity index (χ0v) is 14.6. The number of nitro benzene ring substituents is 1. The van der Waals surface area contributed by atoms with Gasteiger partial charge in [0.05, 0.1) is 11.0 Å². The third-order valence-electron chi connectivity index (χ3n) is 5.07. The first-order valence-corrected chi connectivity index (χ1v) is 8.58. The Labute approximate surface area is 150 Å². The number of nitro groups is 1. The van der Waals surface area contributed by atoms with Gasteiger partial charge in [0, 0.05) is 29.8 Å². The predicted octanol–water partition coefficient (Wildman–Crippen LogP) is 3.93. The van der Waals surface area contributed by atoms with Crippen molar-refractivity contribution in [3.63, 3.8) is 0 Å². The summed E-state index contributed by atoms with van der Waals surface area (Å²) in [6.45, 7) is 3.95. The van der Waals surface area contributed by atoms with Crippen LogP contribution in [0.3, 0.4) is 0 Å². The van der Waals surface area contributed by atoms with Crippen LogP contribution in [-0.2, 0) is 6.42 Å². The molecule has 2 aromatic carbocycles. The molecule has 7 heteroatoms. The minimum atomic E-state index is -0.857. The fourth-order valence-electron chi connectivity index (χ4n) is 3.75. The van der Waals surface area contributed by atoms with Crippen LogP contribution in [0, 0.1) is 10.1 Å². The highest BCUT2D eigenvalue weighted by molar-refractivity contribution is 5.95. The van der Waals surface area contributed by atoms with Crippen molar-refractivity contribution in [1.82, 2.24) is 5.32 Å². The highest BCUT2D eigenvalue weighted by Gasteiger charge is 2.50. The first-order valence-electron chi connectivity index (χ1n) is 8.58. The van der Waals surface area contributed by atoms with Crippen LogP contribution in [0.5, 0.6) is 5.75 Å². The average Bonchev–Trinajstić information content (AvgIpc) is 2.61. The van der Waals surface area contributed by atoms with Crippen molar-refractivity contribution in [3.8, 4) is 5.75 Å². The van der Waals surface area contributed by atoms with Gasteiger partial charge >= 0.3 is 6.03 Å². The molecule has 2 aliphatic rings. The van der Waals surface area contributed by atoms with E-state index in [1.165, 1.54) is 17.7 Å². The third-order valence-corrected chi connectivity index (χ3v) is 5.07. The molecule has 2 amide bonds. The zero-order valence-electron chi connectivity index (χ0n) is 14.6. The number of hydrogen-bond acceptors (Lipinski definition) is 4. The number of rotatable bonds is 3. The van der Waals surface area contributed by atoms with E-state index in [1.807, 2.05) is 31.2 Å². The first-order chi connectivity index (χ1) is 12.4. The van der Waals surface area contributed by atoms with Gasteiger partial charge in [0.1, 0.15) is 5.75 Å². The lowest BCUT2D eigenvalue weighted by Gasteiger charge is -2.50. The Kier molecular flexibility index (Phi) is 3.61. The maximum Gasteiger partial charge on any atom is 0.325 e. The molecule has 1 N–H and O–H groups in total. The average molecular weight is 353 g/mol. The number of nitrogens with zero attached hydrogens (tertiary/aromatic N) is 2. The monoisotopic (exact) mass is 353 g/mol. The minimum absolute atomic E-state index is 0.0113. The van der Waals surface area contributed by atoms with Crippen LogP contribution in [0.1, 0.15) is 37.4 Å². The number of amides is 2. The predicted molar refractivity (Wildman–Crippen MR) is 96.3 cm³/mol. The number of urea groups is 1. The summed E-state index contributed by atoms with van der Waals surface area (Å²) >= 11 is 0. The lowest BCUT2D eigenvalue weighted by molar-refractivity contribution is -0.385. The quantitative estimate of drug-likeness (QED) is 0.669. The van der Waals surface area contributed by atoms with Gasteiger partial charge in [0.25, 0.3) is 5.69 Å². The van der Waals surface area contributed by atoms with Crippen LogP contribution >= 0.6 is 0 Å². The minimum Gasteiger partial charge on any atom is -0.467 e. The summed E-state index contributed by atoms with van der Waals surface area (Å²) in [5, 5.41) is 14.0. The number of nitrogens with one attached hydrogen (secondary N) is 1. The van der Waals surface area contributed by atoms with Crippen molar-refractivity contribution in [2.45, 2.75) is 38.5 Å². The molecule has 0 unspecified atom stereocenters. The van der Waals surface area contributed by atoms with Crippen LogP contribution in [0.25, 0.3) is 0 Å². The second-order valence-corrected chi connectivity index (χ2v) is 6.82. The van der Waals surface area contributed by atoms with E-state index in [1.54, 1.807) is 11.0 Å². The summed E-state index contributed by atoms with van der Waals surface area (Å²) in [5.41, 5.74) is 1.72. The molecule has 0 saturated carbocycles. The maximum absolute atomic E-state index is 12.8. The summed E-state index contributed by atoms with van der Waals surface area (Å²) < 4.78 is 6.16. The molecule has 2 aromatic rings. The van der Waals surface area contributed by atoms with Crippen LogP contribution < -0.4 is 15.0 Å². The molecule has 0 aromatic heterocycles. The number of fused-ring (bicyclic) bond motifs is 4. The smallest absolute Gasteiger partial charge is 0.325 e. The number of aryl methyl sites for hydroxylation is 1. The highest BCUT2D eigenvalue weighted by Crippen LogP contribution is 2.46. The molecular formula is C19H19N3O4. The molecule has 4 rings (SSSR count). The SMILES string of the molecule is CCc1ccc(N2C(=O)N[C@H]3C[C@]2(C)Oc2ccc([N+](=O)[O-])cc23)cc1. The lowest BCUT2D eigenvalue weighted by Crippen LogP contribution is -2.65. The second kappa shape index (κ2) is 5.72. The summed E-state index contributed by atoms with van der Waals surface area (Å²) in [4.78, 5) is 25.0. The van der Waals surface area contributed by atoms with Crippen molar-refractivity contribution in [3.05, 3.63) is 63.7 Å². The molecule has 134 valence electrons.